The molecule has 14 nitrogen and oxygen atoms in total. The Balaban J connectivity index is 1.62. The van der Waals surface area contributed by atoms with Crippen LogP contribution in [0.4, 0.5) is 17.1 Å². The zero-order valence-electron chi connectivity index (χ0n) is 27.0. The fourth-order valence-electron chi connectivity index (χ4n) is 4.53. The molecule has 256 valence electrons. The Hall–Kier alpha value is -5.35. The number of nitrogens with one attached hydrogen (secondary N) is 2. The van der Waals surface area contributed by atoms with Crippen LogP contribution in [0.15, 0.2) is 88.7 Å². The first-order valence-electron chi connectivity index (χ1n) is 14.0. The van der Waals surface area contributed by atoms with Gasteiger partial charge < -0.3 is 33.7 Å². The van der Waals surface area contributed by atoms with Crippen LogP contribution in [0, 0.1) is 0 Å². The van der Waals surface area contributed by atoms with Crippen LogP contribution in [-0.2, 0) is 24.8 Å². The molecule has 16 heteroatoms. The Morgan fingerprint density at radius 2 is 1.17 bits per heavy atom. The molecule has 0 saturated carbocycles. The number of amides is 1. The van der Waals surface area contributed by atoms with Gasteiger partial charge in [0.15, 0.2) is 11.5 Å². The van der Waals surface area contributed by atoms with E-state index in [-0.39, 0.29) is 44.1 Å². The highest BCUT2D eigenvalue weighted by atomic mass is 32.2. The van der Waals surface area contributed by atoms with Crippen molar-refractivity contribution in [1.29, 1.82) is 0 Å². The molecule has 0 fully saturated rings. The molecule has 0 aromatic heterocycles. The molecule has 0 heterocycles. The second-order valence-corrected chi connectivity index (χ2v) is 13.4. The van der Waals surface area contributed by atoms with Gasteiger partial charge >= 0.3 is 0 Å². The highest BCUT2D eigenvalue weighted by Crippen LogP contribution is 2.38. The first-order valence-corrected chi connectivity index (χ1v) is 16.9. The molecule has 0 unspecified atom stereocenters. The van der Waals surface area contributed by atoms with Crippen LogP contribution in [-0.4, -0.2) is 71.9 Å². The summed E-state index contributed by atoms with van der Waals surface area (Å²) in [5.74, 6) is 0.941. The van der Waals surface area contributed by atoms with Crippen LogP contribution in [0.1, 0.15) is 0 Å². The van der Waals surface area contributed by atoms with Gasteiger partial charge in [-0.15, -0.1) is 0 Å². The minimum absolute atomic E-state index is 0.0308. The van der Waals surface area contributed by atoms with Crippen LogP contribution in [0.2, 0.25) is 0 Å². The lowest BCUT2D eigenvalue weighted by Gasteiger charge is -2.26. The summed E-state index contributed by atoms with van der Waals surface area (Å²) in [5, 5.41) is 2.62. The van der Waals surface area contributed by atoms with E-state index >= 15 is 0 Å². The third kappa shape index (κ3) is 7.78. The summed E-state index contributed by atoms with van der Waals surface area (Å²) < 4.78 is 89.5. The van der Waals surface area contributed by atoms with Gasteiger partial charge in [-0.3, -0.25) is 13.8 Å². The molecule has 4 rings (SSSR count). The molecule has 4 aromatic rings. The molecule has 0 spiro atoms. The van der Waals surface area contributed by atoms with Gasteiger partial charge in [-0.2, -0.15) is 0 Å². The van der Waals surface area contributed by atoms with Gasteiger partial charge in [-0.1, -0.05) is 0 Å². The largest absolute Gasteiger partial charge is 0.497 e. The Bertz CT molecular complexity index is 1990. The minimum atomic E-state index is -4.43. The molecule has 0 bridgehead atoms. The van der Waals surface area contributed by atoms with Crippen molar-refractivity contribution in [3.63, 3.8) is 0 Å². The summed E-state index contributed by atoms with van der Waals surface area (Å²) >= 11 is 0. The SMILES string of the molecule is COc1ccc(NS(=O)(=O)c2ccc(NC(=O)CN(c3cc(OC)ccc3OC)S(=O)(=O)c3ccc(OC)c(OC)c3)cc2)c(OC)c1. The number of benzene rings is 4. The molecule has 0 saturated heterocycles. The minimum Gasteiger partial charge on any atom is -0.497 e. The number of anilines is 3. The average molecular weight is 702 g/mol. The Morgan fingerprint density at radius 1 is 0.604 bits per heavy atom. The standard InChI is InChI=1S/C32H35N3O11S2/c1-41-22-10-15-28(43-3)27(17-22)35(48(39,40)25-13-16-29(44-4)31(19-25)46-6)20-32(36)33-21-7-11-24(12-8-21)47(37,38)34-26-14-9-23(42-2)18-30(26)45-5/h7-19,34H,20H2,1-6H3,(H,33,36). The maximum atomic E-state index is 14.1. The first-order chi connectivity index (χ1) is 22.9. The van der Waals surface area contributed by atoms with Crippen molar-refractivity contribution in [3.8, 4) is 34.5 Å². The third-order valence-electron chi connectivity index (χ3n) is 6.99. The molecule has 48 heavy (non-hydrogen) atoms. The van der Waals surface area contributed by atoms with Crippen LogP contribution in [0.3, 0.4) is 0 Å². The van der Waals surface area contributed by atoms with E-state index in [2.05, 4.69) is 10.0 Å². The number of sulfonamides is 2. The number of carbonyl (C=O) groups is 1. The van der Waals surface area contributed by atoms with Crippen LogP contribution < -0.4 is 42.8 Å². The normalized spacial score (nSPS) is 11.2. The number of carbonyl (C=O) groups excluding carboxylic acids is 1. The maximum Gasteiger partial charge on any atom is 0.265 e. The highest BCUT2D eigenvalue weighted by molar-refractivity contribution is 7.93. The van der Waals surface area contributed by atoms with Crippen molar-refractivity contribution in [2.24, 2.45) is 0 Å². The van der Waals surface area contributed by atoms with Gasteiger partial charge in [0.25, 0.3) is 20.0 Å². The van der Waals surface area contributed by atoms with Crippen molar-refractivity contribution in [1.82, 2.24) is 0 Å². The number of hydrogen-bond acceptors (Lipinski definition) is 11. The molecule has 0 atom stereocenters. The maximum absolute atomic E-state index is 14.1. The van der Waals surface area contributed by atoms with Gasteiger partial charge in [0, 0.05) is 23.9 Å². The van der Waals surface area contributed by atoms with Crippen LogP contribution >= 0.6 is 0 Å². The lowest BCUT2D eigenvalue weighted by atomic mass is 10.2. The van der Waals surface area contributed by atoms with Crippen molar-refractivity contribution >= 4 is 43.0 Å². The zero-order chi connectivity index (χ0) is 35.1. The number of ether oxygens (including phenoxy) is 6. The Morgan fingerprint density at radius 3 is 1.77 bits per heavy atom. The zero-order valence-corrected chi connectivity index (χ0v) is 28.6. The van der Waals surface area contributed by atoms with Crippen molar-refractivity contribution < 1.29 is 50.1 Å². The van der Waals surface area contributed by atoms with Crippen molar-refractivity contribution in [2.75, 3.05) is 63.5 Å². The number of hydrogen-bond donors (Lipinski definition) is 2. The van der Waals surface area contributed by atoms with Gasteiger partial charge in [-0.25, -0.2) is 16.8 Å². The van der Waals surface area contributed by atoms with E-state index in [9.17, 15) is 21.6 Å². The second-order valence-electron chi connectivity index (χ2n) is 9.81. The van der Waals surface area contributed by atoms with Crippen LogP contribution in [0.25, 0.3) is 0 Å². The quantitative estimate of drug-likeness (QED) is 0.181. The van der Waals surface area contributed by atoms with E-state index in [1.54, 1.807) is 12.1 Å². The predicted molar refractivity (Wildman–Crippen MR) is 179 cm³/mol. The fourth-order valence-corrected chi connectivity index (χ4v) is 7.04. The summed E-state index contributed by atoms with van der Waals surface area (Å²) in [5.41, 5.74) is 0.435. The molecular formula is C32H35N3O11S2. The lowest BCUT2D eigenvalue weighted by molar-refractivity contribution is -0.114. The van der Waals surface area contributed by atoms with E-state index in [0.717, 1.165) is 4.31 Å². The number of methoxy groups -OCH3 is 6. The van der Waals surface area contributed by atoms with E-state index in [1.165, 1.54) is 109 Å². The summed E-state index contributed by atoms with van der Waals surface area (Å²) in [4.78, 5) is 13.1. The summed E-state index contributed by atoms with van der Waals surface area (Å²) in [6.45, 7) is -0.695. The van der Waals surface area contributed by atoms with E-state index in [0.29, 0.717) is 17.2 Å². The third-order valence-corrected chi connectivity index (χ3v) is 10.1. The van der Waals surface area contributed by atoms with E-state index < -0.39 is 32.5 Å². The molecular weight excluding hydrogens is 666 g/mol. The molecule has 0 aliphatic heterocycles. The molecule has 0 radical (unpaired) electrons. The molecule has 1 amide bonds. The van der Waals surface area contributed by atoms with Crippen molar-refractivity contribution in [3.05, 3.63) is 78.9 Å². The van der Waals surface area contributed by atoms with Gasteiger partial charge in [0.2, 0.25) is 5.91 Å². The van der Waals surface area contributed by atoms with E-state index in [4.69, 9.17) is 28.4 Å². The summed E-state index contributed by atoms with van der Waals surface area (Å²) in [6, 6.07) is 18.5. The lowest BCUT2D eigenvalue weighted by Crippen LogP contribution is -2.38. The Kier molecular flexibility index (Phi) is 11.1. The van der Waals surface area contributed by atoms with Gasteiger partial charge in [0.1, 0.15) is 29.5 Å². The predicted octanol–water partition coefficient (Wildman–Crippen LogP) is 4.37. The number of rotatable bonds is 15. The van der Waals surface area contributed by atoms with E-state index in [1.807, 2.05) is 0 Å². The Labute approximate surface area is 279 Å². The number of nitrogens with zero attached hydrogens (tertiary/aromatic N) is 1. The second kappa shape index (κ2) is 15.0. The van der Waals surface area contributed by atoms with Crippen molar-refractivity contribution in [2.45, 2.75) is 9.79 Å². The highest BCUT2D eigenvalue weighted by Gasteiger charge is 2.31. The molecule has 0 aliphatic carbocycles. The van der Waals surface area contributed by atoms with Gasteiger partial charge in [-0.05, 0) is 60.7 Å². The monoisotopic (exact) mass is 701 g/mol. The summed E-state index contributed by atoms with van der Waals surface area (Å²) in [6.07, 6.45) is 0. The molecule has 0 aliphatic rings. The summed E-state index contributed by atoms with van der Waals surface area (Å²) in [7, 11) is -0.0479. The fraction of sp³-hybridized carbons (Fsp3) is 0.219. The van der Waals surface area contributed by atoms with Crippen LogP contribution in [0.5, 0.6) is 34.5 Å². The van der Waals surface area contributed by atoms with Gasteiger partial charge in [0.05, 0.1) is 63.8 Å². The smallest absolute Gasteiger partial charge is 0.265 e. The average Bonchev–Trinajstić information content (AvgIpc) is 3.10. The molecule has 4 aromatic carbocycles. The first kappa shape index (κ1) is 35.5. The topological polar surface area (TPSA) is 168 Å². The molecule has 2 N–H and O–H groups in total.